The average Bonchev–Trinajstić information content (AvgIpc) is 2.39. The third kappa shape index (κ3) is 4.08. The molecule has 0 aliphatic rings. The molecular formula is C14H14BrNO2S. The van der Waals surface area contributed by atoms with Crippen LogP contribution in [0.2, 0.25) is 0 Å². The molecule has 0 aromatic heterocycles. The Labute approximate surface area is 121 Å². The molecule has 2 rings (SSSR count). The van der Waals surface area contributed by atoms with Crippen molar-refractivity contribution in [3.8, 4) is 0 Å². The van der Waals surface area contributed by atoms with Gasteiger partial charge in [0, 0.05) is 5.33 Å². The molecule has 0 aliphatic heterocycles. The maximum Gasteiger partial charge on any atom is 0.236 e. The Morgan fingerprint density at radius 1 is 0.947 bits per heavy atom. The van der Waals surface area contributed by atoms with Gasteiger partial charge in [-0.2, -0.15) is 0 Å². The van der Waals surface area contributed by atoms with Crippen molar-refractivity contribution in [1.29, 1.82) is 0 Å². The minimum absolute atomic E-state index is 0.0234. The molecule has 0 amide bonds. The van der Waals surface area contributed by atoms with E-state index in [2.05, 4.69) is 20.7 Å². The number of anilines is 1. The summed E-state index contributed by atoms with van der Waals surface area (Å²) in [6.07, 6.45) is 0. The van der Waals surface area contributed by atoms with Crippen LogP contribution in [-0.4, -0.2) is 8.42 Å². The number of halogens is 1. The number of rotatable bonds is 5. The normalized spacial score (nSPS) is 11.2. The zero-order valence-corrected chi connectivity index (χ0v) is 12.6. The highest BCUT2D eigenvalue weighted by Crippen LogP contribution is 2.20. The number of para-hydroxylation sites is 1. The molecule has 0 saturated carbocycles. The molecule has 0 saturated heterocycles. The summed E-state index contributed by atoms with van der Waals surface area (Å²) in [5, 5.41) is 0.608. The lowest BCUT2D eigenvalue weighted by Gasteiger charge is -2.11. The molecule has 0 bridgehead atoms. The molecular weight excluding hydrogens is 326 g/mol. The second-order valence-electron chi connectivity index (χ2n) is 4.14. The van der Waals surface area contributed by atoms with Gasteiger partial charge in [0.05, 0.1) is 11.4 Å². The lowest BCUT2D eigenvalue weighted by molar-refractivity contribution is 0.600. The first-order chi connectivity index (χ1) is 9.11. The van der Waals surface area contributed by atoms with Gasteiger partial charge in [-0.1, -0.05) is 64.5 Å². The molecule has 1 N–H and O–H groups in total. The first-order valence-corrected chi connectivity index (χ1v) is 8.56. The van der Waals surface area contributed by atoms with Crippen LogP contribution in [0.4, 0.5) is 5.69 Å². The Morgan fingerprint density at radius 2 is 1.58 bits per heavy atom. The smallest absolute Gasteiger partial charge is 0.236 e. The summed E-state index contributed by atoms with van der Waals surface area (Å²) in [5.74, 6) is -0.0234. The molecule has 0 aliphatic carbocycles. The number of sulfonamides is 1. The van der Waals surface area contributed by atoms with Crippen molar-refractivity contribution >= 4 is 31.6 Å². The lowest BCUT2D eigenvalue weighted by atomic mass is 10.2. The van der Waals surface area contributed by atoms with Crippen molar-refractivity contribution in [1.82, 2.24) is 0 Å². The van der Waals surface area contributed by atoms with Gasteiger partial charge in [0.2, 0.25) is 10.0 Å². The van der Waals surface area contributed by atoms with Crippen molar-refractivity contribution in [3.05, 3.63) is 65.7 Å². The summed E-state index contributed by atoms with van der Waals surface area (Å²) in [6.45, 7) is 0. The second kappa shape index (κ2) is 6.21. The monoisotopic (exact) mass is 339 g/mol. The van der Waals surface area contributed by atoms with Crippen LogP contribution in [0.15, 0.2) is 54.6 Å². The third-order valence-electron chi connectivity index (χ3n) is 2.63. The standard InChI is InChI=1S/C14H14BrNO2S/c15-10-13-8-4-5-9-14(13)16-19(17,18)11-12-6-2-1-3-7-12/h1-9,16H,10-11H2. The Hall–Kier alpha value is -1.33. The van der Waals surface area contributed by atoms with Crippen LogP contribution in [0, 0.1) is 0 Å². The SMILES string of the molecule is O=S(=O)(Cc1ccccc1)Nc1ccccc1CBr. The predicted octanol–water partition coefficient (Wildman–Crippen LogP) is 3.52. The Balaban J connectivity index is 2.18. The van der Waals surface area contributed by atoms with Gasteiger partial charge in [0.15, 0.2) is 0 Å². The molecule has 5 heteroatoms. The fraction of sp³-hybridized carbons (Fsp3) is 0.143. The predicted molar refractivity (Wildman–Crippen MR) is 81.8 cm³/mol. The highest BCUT2D eigenvalue weighted by Gasteiger charge is 2.13. The molecule has 0 atom stereocenters. The molecule has 0 radical (unpaired) electrons. The van der Waals surface area contributed by atoms with E-state index in [9.17, 15) is 8.42 Å². The molecule has 0 fully saturated rings. The summed E-state index contributed by atoms with van der Waals surface area (Å²) in [5.41, 5.74) is 2.31. The Kier molecular flexibility index (Phi) is 4.61. The molecule has 0 heterocycles. The molecule has 100 valence electrons. The van der Waals surface area contributed by atoms with Crippen LogP contribution >= 0.6 is 15.9 Å². The Morgan fingerprint density at radius 3 is 2.26 bits per heavy atom. The number of alkyl halides is 1. The van der Waals surface area contributed by atoms with Crippen molar-refractivity contribution in [2.45, 2.75) is 11.1 Å². The Bertz CT molecular complexity index is 642. The molecule has 2 aromatic carbocycles. The van der Waals surface area contributed by atoms with E-state index in [1.54, 1.807) is 18.2 Å². The van der Waals surface area contributed by atoms with E-state index in [4.69, 9.17) is 0 Å². The van der Waals surface area contributed by atoms with Crippen LogP contribution in [0.25, 0.3) is 0 Å². The number of hydrogen-bond donors (Lipinski definition) is 1. The highest BCUT2D eigenvalue weighted by molar-refractivity contribution is 9.08. The number of nitrogens with one attached hydrogen (secondary N) is 1. The lowest BCUT2D eigenvalue weighted by Crippen LogP contribution is -2.15. The molecule has 19 heavy (non-hydrogen) atoms. The molecule has 2 aromatic rings. The van der Waals surface area contributed by atoms with Gasteiger partial charge in [0.1, 0.15) is 0 Å². The first-order valence-electron chi connectivity index (χ1n) is 5.79. The molecule has 3 nitrogen and oxygen atoms in total. The van der Waals surface area contributed by atoms with Gasteiger partial charge in [-0.15, -0.1) is 0 Å². The molecule has 0 unspecified atom stereocenters. The fourth-order valence-corrected chi connectivity index (χ4v) is 3.46. The van der Waals surface area contributed by atoms with Gasteiger partial charge in [0.25, 0.3) is 0 Å². The van der Waals surface area contributed by atoms with Gasteiger partial charge < -0.3 is 0 Å². The zero-order chi connectivity index (χ0) is 13.7. The molecule has 0 spiro atoms. The average molecular weight is 340 g/mol. The van der Waals surface area contributed by atoms with Gasteiger partial charge in [-0.05, 0) is 17.2 Å². The maximum absolute atomic E-state index is 12.1. The maximum atomic E-state index is 12.1. The van der Waals surface area contributed by atoms with E-state index in [-0.39, 0.29) is 5.75 Å². The third-order valence-corrected chi connectivity index (χ3v) is 4.47. The van der Waals surface area contributed by atoms with E-state index >= 15 is 0 Å². The summed E-state index contributed by atoms with van der Waals surface area (Å²) < 4.78 is 26.9. The minimum atomic E-state index is -3.39. The van der Waals surface area contributed by atoms with E-state index < -0.39 is 10.0 Å². The first kappa shape index (κ1) is 14.1. The van der Waals surface area contributed by atoms with Crippen LogP contribution in [0.3, 0.4) is 0 Å². The van der Waals surface area contributed by atoms with E-state index in [1.807, 2.05) is 36.4 Å². The largest absolute Gasteiger partial charge is 0.283 e. The van der Waals surface area contributed by atoms with E-state index in [0.717, 1.165) is 11.1 Å². The van der Waals surface area contributed by atoms with Crippen LogP contribution in [0.1, 0.15) is 11.1 Å². The fourth-order valence-electron chi connectivity index (χ4n) is 1.73. The summed E-state index contributed by atoms with van der Waals surface area (Å²) in [7, 11) is -3.39. The van der Waals surface area contributed by atoms with E-state index in [0.29, 0.717) is 11.0 Å². The van der Waals surface area contributed by atoms with Crippen LogP contribution in [-0.2, 0) is 21.1 Å². The minimum Gasteiger partial charge on any atom is -0.283 e. The van der Waals surface area contributed by atoms with Crippen molar-refractivity contribution in [2.75, 3.05) is 4.72 Å². The van der Waals surface area contributed by atoms with Crippen LogP contribution < -0.4 is 4.72 Å². The summed E-state index contributed by atoms with van der Waals surface area (Å²) >= 11 is 3.35. The summed E-state index contributed by atoms with van der Waals surface area (Å²) in [6, 6.07) is 16.5. The summed E-state index contributed by atoms with van der Waals surface area (Å²) in [4.78, 5) is 0. The number of benzene rings is 2. The van der Waals surface area contributed by atoms with Crippen molar-refractivity contribution in [3.63, 3.8) is 0 Å². The zero-order valence-electron chi connectivity index (χ0n) is 10.2. The highest BCUT2D eigenvalue weighted by atomic mass is 79.9. The quantitative estimate of drug-likeness (QED) is 0.847. The second-order valence-corrected chi connectivity index (χ2v) is 6.42. The topological polar surface area (TPSA) is 46.2 Å². The van der Waals surface area contributed by atoms with Crippen LogP contribution in [0.5, 0.6) is 0 Å². The van der Waals surface area contributed by atoms with Gasteiger partial charge >= 0.3 is 0 Å². The number of hydrogen-bond acceptors (Lipinski definition) is 2. The van der Waals surface area contributed by atoms with Gasteiger partial charge in [-0.3, -0.25) is 4.72 Å². The van der Waals surface area contributed by atoms with Crippen molar-refractivity contribution < 1.29 is 8.42 Å². The van der Waals surface area contributed by atoms with E-state index in [1.165, 1.54) is 0 Å². The van der Waals surface area contributed by atoms with Crippen molar-refractivity contribution in [2.24, 2.45) is 0 Å². The van der Waals surface area contributed by atoms with Gasteiger partial charge in [-0.25, -0.2) is 8.42 Å².